The molecule has 0 unspecified atom stereocenters. The molecule has 1 aliphatic heterocycles. The summed E-state index contributed by atoms with van der Waals surface area (Å²) in [7, 11) is 0. The van der Waals surface area contributed by atoms with Crippen LogP contribution in [0.2, 0.25) is 0 Å². The molecular formula is C21H19N3O6. The van der Waals surface area contributed by atoms with E-state index in [0.29, 0.717) is 35.5 Å². The van der Waals surface area contributed by atoms with E-state index in [2.05, 4.69) is 15.5 Å². The average molecular weight is 409 g/mol. The smallest absolute Gasteiger partial charge is 0.359 e. The zero-order chi connectivity index (χ0) is 21.1. The predicted molar refractivity (Wildman–Crippen MR) is 107 cm³/mol. The first-order valence-corrected chi connectivity index (χ1v) is 9.36. The molecule has 0 radical (unpaired) electrons. The molecule has 3 aromatic rings. The molecule has 1 aliphatic rings. The van der Waals surface area contributed by atoms with E-state index in [9.17, 15) is 14.4 Å². The van der Waals surface area contributed by atoms with Gasteiger partial charge in [0.05, 0.1) is 11.4 Å². The molecule has 1 aromatic heterocycles. The number of hydrogen-bond acceptors (Lipinski definition) is 7. The average Bonchev–Trinajstić information content (AvgIpc) is 2.77. The minimum absolute atomic E-state index is 0.0575. The number of amides is 1. The second-order valence-corrected chi connectivity index (χ2v) is 6.72. The Labute approximate surface area is 171 Å². The number of aromatic amines is 1. The lowest BCUT2D eigenvalue weighted by atomic mass is 10.1. The quantitative estimate of drug-likeness (QED) is 0.616. The number of nitrogens with one attached hydrogen (secondary N) is 2. The molecule has 1 atom stereocenters. The van der Waals surface area contributed by atoms with Gasteiger partial charge in [-0.2, -0.15) is 5.10 Å². The highest BCUT2D eigenvalue weighted by Gasteiger charge is 2.19. The van der Waals surface area contributed by atoms with Crippen LogP contribution in [-0.2, 0) is 9.53 Å². The molecule has 154 valence electrons. The number of carbonyl (C=O) groups is 2. The van der Waals surface area contributed by atoms with E-state index in [1.165, 1.54) is 0 Å². The summed E-state index contributed by atoms with van der Waals surface area (Å²) in [5.41, 5.74) is 0.359. The van der Waals surface area contributed by atoms with Gasteiger partial charge in [0.25, 0.3) is 11.5 Å². The van der Waals surface area contributed by atoms with Crippen molar-refractivity contribution >= 4 is 22.6 Å². The van der Waals surface area contributed by atoms with E-state index < -0.39 is 24.0 Å². The molecular weight excluding hydrogens is 390 g/mol. The number of ether oxygens (including phenoxy) is 3. The summed E-state index contributed by atoms with van der Waals surface area (Å²) in [5, 5.41) is 9.46. The van der Waals surface area contributed by atoms with Crippen molar-refractivity contribution < 1.29 is 23.8 Å². The number of aromatic nitrogens is 2. The van der Waals surface area contributed by atoms with Gasteiger partial charge in [0.15, 0.2) is 23.8 Å². The Hall–Kier alpha value is -3.88. The van der Waals surface area contributed by atoms with Gasteiger partial charge in [0, 0.05) is 5.39 Å². The van der Waals surface area contributed by atoms with Crippen LogP contribution in [0.4, 0.5) is 0 Å². The Morgan fingerprint density at radius 1 is 1.13 bits per heavy atom. The Bertz CT molecular complexity index is 1170. The van der Waals surface area contributed by atoms with Crippen molar-refractivity contribution in [1.29, 1.82) is 0 Å². The van der Waals surface area contributed by atoms with Gasteiger partial charge in [-0.15, -0.1) is 0 Å². The number of fused-ring (bicyclic) bond motifs is 2. The number of H-pyrrole nitrogens is 1. The molecule has 1 amide bonds. The highest BCUT2D eigenvalue weighted by molar-refractivity contribution is 6.02. The van der Waals surface area contributed by atoms with Crippen molar-refractivity contribution in [3.63, 3.8) is 0 Å². The molecule has 4 rings (SSSR count). The lowest BCUT2D eigenvalue weighted by Crippen LogP contribution is -2.31. The van der Waals surface area contributed by atoms with Crippen molar-refractivity contribution in [3.05, 3.63) is 64.1 Å². The third-order valence-corrected chi connectivity index (χ3v) is 4.67. The molecule has 2 N–H and O–H groups in total. The maximum absolute atomic E-state index is 12.4. The third kappa shape index (κ3) is 3.95. The van der Waals surface area contributed by atoms with Crippen molar-refractivity contribution in [3.8, 4) is 11.5 Å². The molecule has 2 aromatic carbocycles. The van der Waals surface area contributed by atoms with E-state index in [0.717, 1.165) is 5.56 Å². The number of hydrogen-bond donors (Lipinski definition) is 2. The van der Waals surface area contributed by atoms with Crippen LogP contribution < -0.4 is 20.3 Å². The maximum atomic E-state index is 12.4. The number of nitrogens with zero attached hydrogens (tertiary/aromatic N) is 1. The molecule has 0 aliphatic carbocycles. The fourth-order valence-corrected chi connectivity index (χ4v) is 3.17. The maximum Gasteiger partial charge on any atom is 0.359 e. The van der Waals surface area contributed by atoms with Crippen molar-refractivity contribution in [1.82, 2.24) is 15.5 Å². The fraction of sp³-hybridized carbons (Fsp3) is 0.238. The number of rotatable bonds is 5. The van der Waals surface area contributed by atoms with Gasteiger partial charge in [0.2, 0.25) is 0 Å². The topological polar surface area (TPSA) is 120 Å². The van der Waals surface area contributed by atoms with E-state index >= 15 is 0 Å². The van der Waals surface area contributed by atoms with Crippen LogP contribution >= 0.6 is 0 Å². The van der Waals surface area contributed by atoms with Crippen molar-refractivity contribution in [2.75, 3.05) is 19.8 Å². The summed E-state index contributed by atoms with van der Waals surface area (Å²) >= 11 is 0. The Kier molecular flexibility index (Phi) is 5.34. The summed E-state index contributed by atoms with van der Waals surface area (Å²) in [6.45, 7) is 2.30. The standard InChI is InChI=1S/C21H19N3O6/c1-12(13-6-7-16-17(10-13)29-9-8-28-16)22-18(25)11-30-21(27)19-14-4-2-3-5-15(14)20(26)24-23-19/h2-7,10,12H,8-9,11H2,1H3,(H,22,25)(H,24,26)/t12-/m0/s1. The third-order valence-electron chi connectivity index (χ3n) is 4.67. The van der Waals surface area contributed by atoms with Crippen LogP contribution in [0.5, 0.6) is 11.5 Å². The highest BCUT2D eigenvalue weighted by Crippen LogP contribution is 2.32. The lowest BCUT2D eigenvalue weighted by molar-refractivity contribution is -0.124. The van der Waals surface area contributed by atoms with Crippen LogP contribution in [0, 0.1) is 0 Å². The predicted octanol–water partition coefficient (Wildman–Crippen LogP) is 1.73. The first-order chi connectivity index (χ1) is 14.5. The summed E-state index contributed by atoms with van der Waals surface area (Å²) in [4.78, 5) is 36.4. The minimum Gasteiger partial charge on any atom is -0.486 e. The SMILES string of the molecule is C[C@H](NC(=O)COC(=O)c1n[nH]c(=O)c2ccccc12)c1ccc2c(c1)OCCO2. The molecule has 0 spiro atoms. The fourth-order valence-electron chi connectivity index (χ4n) is 3.17. The van der Waals surface area contributed by atoms with Gasteiger partial charge in [-0.1, -0.05) is 24.3 Å². The van der Waals surface area contributed by atoms with Gasteiger partial charge in [-0.05, 0) is 30.7 Å². The molecule has 0 bridgehead atoms. The first-order valence-electron chi connectivity index (χ1n) is 9.36. The molecule has 2 heterocycles. The van der Waals surface area contributed by atoms with Crippen LogP contribution in [0.15, 0.2) is 47.3 Å². The number of esters is 1. The van der Waals surface area contributed by atoms with Crippen LogP contribution in [-0.4, -0.2) is 41.9 Å². The van der Waals surface area contributed by atoms with Gasteiger partial charge in [0.1, 0.15) is 13.2 Å². The van der Waals surface area contributed by atoms with E-state index in [-0.39, 0.29) is 11.7 Å². The van der Waals surface area contributed by atoms with E-state index in [1.54, 1.807) is 30.3 Å². The number of carbonyl (C=O) groups excluding carboxylic acids is 2. The molecule has 0 saturated heterocycles. The zero-order valence-corrected chi connectivity index (χ0v) is 16.1. The van der Waals surface area contributed by atoms with Gasteiger partial charge in [-0.25, -0.2) is 9.89 Å². The normalized spacial score (nSPS) is 13.5. The lowest BCUT2D eigenvalue weighted by Gasteiger charge is -2.21. The molecule has 9 heteroatoms. The summed E-state index contributed by atoms with van der Waals surface area (Å²) in [6, 6.07) is 11.6. The largest absolute Gasteiger partial charge is 0.486 e. The Morgan fingerprint density at radius 2 is 1.87 bits per heavy atom. The molecule has 9 nitrogen and oxygen atoms in total. The highest BCUT2D eigenvalue weighted by atomic mass is 16.6. The van der Waals surface area contributed by atoms with Gasteiger partial charge < -0.3 is 19.5 Å². The van der Waals surface area contributed by atoms with Crippen LogP contribution in [0.25, 0.3) is 10.8 Å². The van der Waals surface area contributed by atoms with E-state index in [1.807, 2.05) is 19.1 Å². The Balaban J connectivity index is 1.39. The van der Waals surface area contributed by atoms with Gasteiger partial charge in [-0.3, -0.25) is 9.59 Å². The van der Waals surface area contributed by atoms with Crippen molar-refractivity contribution in [2.24, 2.45) is 0 Å². The molecule has 30 heavy (non-hydrogen) atoms. The number of benzene rings is 2. The van der Waals surface area contributed by atoms with E-state index in [4.69, 9.17) is 14.2 Å². The Morgan fingerprint density at radius 3 is 2.67 bits per heavy atom. The summed E-state index contributed by atoms with van der Waals surface area (Å²) < 4.78 is 16.1. The van der Waals surface area contributed by atoms with Crippen molar-refractivity contribution in [2.45, 2.75) is 13.0 Å². The van der Waals surface area contributed by atoms with Crippen LogP contribution in [0.1, 0.15) is 29.0 Å². The monoisotopic (exact) mass is 409 g/mol. The summed E-state index contributed by atoms with van der Waals surface area (Å²) in [5.74, 6) is 0.0180. The first kappa shape index (κ1) is 19.4. The minimum atomic E-state index is -0.801. The molecule has 0 saturated carbocycles. The van der Waals surface area contributed by atoms with Gasteiger partial charge >= 0.3 is 5.97 Å². The second-order valence-electron chi connectivity index (χ2n) is 6.72. The second kappa shape index (κ2) is 8.24. The molecule has 0 fully saturated rings. The van der Waals surface area contributed by atoms with Crippen LogP contribution in [0.3, 0.4) is 0 Å². The summed E-state index contributed by atoms with van der Waals surface area (Å²) in [6.07, 6.45) is 0. The zero-order valence-electron chi connectivity index (χ0n) is 16.1.